The fourth-order valence-electron chi connectivity index (χ4n) is 4.16. The molecular weight excluding hydrogens is 450 g/mol. The number of benzene rings is 2. The molecule has 0 bridgehead atoms. The second kappa shape index (κ2) is 9.97. The molecule has 10 heteroatoms. The van der Waals surface area contributed by atoms with Crippen LogP contribution < -0.4 is 15.4 Å². The van der Waals surface area contributed by atoms with E-state index in [-0.39, 0.29) is 18.8 Å². The van der Waals surface area contributed by atoms with Crippen molar-refractivity contribution in [3.8, 4) is 23.1 Å². The second-order valence-electron chi connectivity index (χ2n) is 8.10. The van der Waals surface area contributed by atoms with Gasteiger partial charge in [0.1, 0.15) is 18.0 Å². The molecule has 0 spiro atoms. The molecule has 0 unspecified atom stereocenters. The van der Waals surface area contributed by atoms with E-state index in [4.69, 9.17) is 24.2 Å². The van der Waals surface area contributed by atoms with Crippen molar-refractivity contribution in [2.75, 3.05) is 31.0 Å². The fourth-order valence-corrected chi connectivity index (χ4v) is 4.16. The van der Waals surface area contributed by atoms with Crippen molar-refractivity contribution in [2.24, 2.45) is 0 Å². The van der Waals surface area contributed by atoms with Gasteiger partial charge in [-0.05, 0) is 48.5 Å². The Kier molecular flexibility index (Phi) is 6.43. The number of hydrogen-bond donors (Lipinski definition) is 2. The van der Waals surface area contributed by atoms with Gasteiger partial charge in [0.15, 0.2) is 6.10 Å². The highest BCUT2D eigenvalue weighted by atomic mass is 16.6. The average molecular weight is 473 g/mol. The summed E-state index contributed by atoms with van der Waals surface area (Å²) >= 11 is 0. The van der Waals surface area contributed by atoms with E-state index in [2.05, 4.69) is 20.6 Å². The SMILES string of the molecule is COc1ccc(-c2ccnc(N[C@@H]3CO[C@@H]4[C@@H]3OC[C@H]4OC(=O)Nc3cccc(C#N)c3)n2)cc1. The fraction of sp³-hybridized carbons (Fsp3) is 0.280. The lowest BCUT2D eigenvalue weighted by molar-refractivity contribution is 0.00917. The third-order valence-electron chi connectivity index (χ3n) is 5.86. The Labute approximate surface area is 201 Å². The summed E-state index contributed by atoms with van der Waals surface area (Å²) in [5.74, 6) is 1.23. The molecule has 35 heavy (non-hydrogen) atoms. The van der Waals surface area contributed by atoms with Crippen LogP contribution in [0.3, 0.4) is 0 Å². The van der Waals surface area contributed by atoms with Crippen LogP contribution in [-0.4, -0.2) is 60.7 Å². The molecule has 2 saturated heterocycles. The predicted octanol–water partition coefficient (Wildman–Crippen LogP) is 3.22. The summed E-state index contributed by atoms with van der Waals surface area (Å²) in [5, 5.41) is 14.9. The Morgan fingerprint density at radius 1 is 1.11 bits per heavy atom. The first-order valence-electron chi connectivity index (χ1n) is 11.1. The van der Waals surface area contributed by atoms with Gasteiger partial charge in [-0.15, -0.1) is 0 Å². The van der Waals surface area contributed by atoms with E-state index in [1.54, 1.807) is 37.6 Å². The zero-order valence-electron chi connectivity index (χ0n) is 18.9. The monoisotopic (exact) mass is 473 g/mol. The van der Waals surface area contributed by atoms with E-state index in [0.717, 1.165) is 17.0 Å². The van der Waals surface area contributed by atoms with E-state index in [0.29, 0.717) is 23.8 Å². The molecule has 178 valence electrons. The molecule has 2 aliphatic rings. The number of nitrogens with zero attached hydrogens (tertiary/aromatic N) is 3. The highest BCUT2D eigenvalue weighted by Gasteiger charge is 2.49. The molecule has 4 atom stereocenters. The zero-order valence-corrected chi connectivity index (χ0v) is 18.9. The lowest BCUT2D eigenvalue weighted by Gasteiger charge is -2.18. The maximum atomic E-state index is 12.4. The Hall–Kier alpha value is -4.20. The topological polar surface area (TPSA) is 128 Å². The highest BCUT2D eigenvalue weighted by Crippen LogP contribution is 2.31. The number of fused-ring (bicyclic) bond motifs is 1. The first-order chi connectivity index (χ1) is 17.1. The number of ether oxygens (including phenoxy) is 4. The van der Waals surface area contributed by atoms with Crippen molar-refractivity contribution in [3.05, 3.63) is 66.4 Å². The van der Waals surface area contributed by atoms with E-state index in [1.165, 1.54) is 0 Å². The van der Waals surface area contributed by atoms with Gasteiger partial charge in [0.05, 0.1) is 43.7 Å². The van der Waals surface area contributed by atoms with Crippen molar-refractivity contribution in [2.45, 2.75) is 24.4 Å². The summed E-state index contributed by atoms with van der Waals surface area (Å²) < 4.78 is 22.5. The van der Waals surface area contributed by atoms with Crippen LogP contribution in [0.4, 0.5) is 16.4 Å². The molecule has 10 nitrogen and oxygen atoms in total. The Balaban J connectivity index is 1.19. The van der Waals surface area contributed by atoms with Crippen molar-refractivity contribution < 1.29 is 23.7 Å². The number of nitriles is 1. The van der Waals surface area contributed by atoms with Gasteiger partial charge in [0, 0.05) is 17.4 Å². The Morgan fingerprint density at radius 2 is 1.94 bits per heavy atom. The van der Waals surface area contributed by atoms with Gasteiger partial charge in [0.2, 0.25) is 5.95 Å². The number of anilines is 2. The van der Waals surface area contributed by atoms with Crippen LogP contribution in [0.1, 0.15) is 5.56 Å². The van der Waals surface area contributed by atoms with Gasteiger partial charge in [-0.1, -0.05) is 6.07 Å². The highest BCUT2D eigenvalue weighted by molar-refractivity contribution is 5.85. The lowest BCUT2D eigenvalue weighted by atomic mass is 10.1. The molecule has 2 aliphatic heterocycles. The molecular formula is C25H23N5O5. The Bertz CT molecular complexity index is 1250. The minimum atomic E-state index is -0.634. The molecule has 0 radical (unpaired) electrons. The van der Waals surface area contributed by atoms with Crippen LogP contribution in [-0.2, 0) is 14.2 Å². The summed E-state index contributed by atoms with van der Waals surface area (Å²) in [6.07, 6.45) is -0.228. The van der Waals surface area contributed by atoms with E-state index in [1.807, 2.05) is 36.4 Å². The van der Waals surface area contributed by atoms with Crippen LogP contribution in [0.15, 0.2) is 60.8 Å². The summed E-state index contributed by atoms with van der Waals surface area (Å²) in [4.78, 5) is 21.3. The second-order valence-corrected chi connectivity index (χ2v) is 8.10. The van der Waals surface area contributed by atoms with E-state index >= 15 is 0 Å². The van der Waals surface area contributed by atoms with Crippen LogP contribution >= 0.6 is 0 Å². The van der Waals surface area contributed by atoms with Crippen LogP contribution in [0.2, 0.25) is 0 Å². The minimum absolute atomic E-state index is 0.199. The van der Waals surface area contributed by atoms with Gasteiger partial charge in [0.25, 0.3) is 0 Å². The van der Waals surface area contributed by atoms with Gasteiger partial charge in [-0.25, -0.2) is 14.8 Å². The van der Waals surface area contributed by atoms with Gasteiger partial charge in [-0.3, -0.25) is 5.32 Å². The molecule has 3 heterocycles. The third kappa shape index (κ3) is 5.01. The van der Waals surface area contributed by atoms with Crippen molar-refractivity contribution in [1.29, 1.82) is 5.26 Å². The van der Waals surface area contributed by atoms with Crippen molar-refractivity contribution in [1.82, 2.24) is 9.97 Å². The first kappa shape index (κ1) is 22.6. The molecule has 2 N–H and O–H groups in total. The van der Waals surface area contributed by atoms with Crippen LogP contribution in [0.5, 0.6) is 5.75 Å². The van der Waals surface area contributed by atoms with Gasteiger partial charge < -0.3 is 24.3 Å². The largest absolute Gasteiger partial charge is 0.497 e. The molecule has 1 amide bonds. The molecule has 0 saturated carbocycles. The lowest BCUT2D eigenvalue weighted by Crippen LogP contribution is -2.38. The number of carbonyl (C=O) groups is 1. The van der Waals surface area contributed by atoms with Crippen molar-refractivity contribution >= 4 is 17.7 Å². The van der Waals surface area contributed by atoms with Crippen LogP contribution in [0.25, 0.3) is 11.3 Å². The Morgan fingerprint density at radius 3 is 2.74 bits per heavy atom. The number of methoxy groups -OCH3 is 1. The molecule has 3 aromatic rings. The van der Waals surface area contributed by atoms with Crippen molar-refractivity contribution in [3.63, 3.8) is 0 Å². The summed E-state index contributed by atoms with van der Waals surface area (Å²) in [6, 6.07) is 17.9. The average Bonchev–Trinajstić information content (AvgIpc) is 3.47. The van der Waals surface area contributed by atoms with E-state index in [9.17, 15) is 4.79 Å². The molecule has 2 aromatic carbocycles. The maximum absolute atomic E-state index is 12.4. The quantitative estimate of drug-likeness (QED) is 0.555. The molecule has 0 aliphatic carbocycles. The third-order valence-corrected chi connectivity index (χ3v) is 5.86. The number of nitrogens with one attached hydrogen (secondary N) is 2. The zero-order chi connectivity index (χ0) is 24.2. The standard InChI is InChI=1S/C25H23N5O5/c1-32-18-7-5-16(6-8-18)19-9-10-27-24(29-19)30-20-13-33-23-21(14-34-22(20)23)35-25(31)28-17-4-2-3-15(11-17)12-26/h2-11,20-23H,13-14H2,1H3,(H,28,31)(H,27,29,30)/t20-,21-,22-,23+/m1/s1. The maximum Gasteiger partial charge on any atom is 0.412 e. The smallest absolute Gasteiger partial charge is 0.412 e. The summed E-state index contributed by atoms with van der Waals surface area (Å²) in [7, 11) is 1.63. The number of rotatable bonds is 6. The van der Waals surface area contributed by atoms with E-state index < -0.39 is 18.3 Å². The number of aromatic nitrogens is 2. The molecule has 1 aromatic heterocycles. The first-order valence-corrected chi connectivity index (χ1v) is 11.1. The van der Waals surface area contributed by atoms with Gasteiger partial charge >= 0.3 is 6.09 Å². The number of hydrogen-bond acceptors (Lipinski definition) is 9. The molecule has 5 rings (SSSR count). The minimum Gasteiger partial charge on any atom is -0.497 e. The van der Waals surface area contributed by atoms with Crippen LogP contribution in [0, 0.1) is 11.3 Å². The predicted molar refractivity (Wildman–Crippen MR) is 126 cm³/mol. The summed E-state index contributed by atoms with van der Waals surface area (Å²) in [6.45, 7) is 0.572. The molecule has 2 fully saturated rings. The number of carbonyl (C=O) groups excluding carboxylic acids is 1. The summed E-state index contributed by atoms with van der Waals surface area (Å²) in [5.41, 5.74) is 2.63. The number of amides is 1. The van der Waals surface area contributed by atoms with Gasteiger partial charge in [-0.2, -0.15) is 5.26 Å². The normalized spacial score (nSPS) is 22.6.